The number of nitrogens with two attached hydrogens (primary N) is 1. The van der Waals surface area contributed by atoms with E-state index in [0.29, 0.717) is 23.0 Å². The molecule has 124 valence electrons. The standard InChI is InChI=1S/C13H17FN6O3/c14-7-9(22)6(3-21)23-12(7)20-4-16-8-10(17-5-1-2-5)18-13(15)19-11(8)20/h4-7,9,12,21-22H,1-3H2,(H3,15,17,18,19)/t6-,7+,9-,12-/m1/s1. The van der Waals surface area contributed by atoms with E-state index in [-0.39, 0.29) is 5.95 Å². The van der Waals surface area contributed by atoms with Gasteiger partial charge in [0.05, 0.1) is 12.9 Å². The van der Waals surface area contributed by atoms with Crippen LogP contribution >= 0.6 is 0 Å². The second-order valence-electron chi connectivity index (χ2n) is 5.86. The van der Waals surface area contributed by atoms with Crippen molar-refractivity contribution < 1.29 is 19.3 Å². The normalized spacial score (nSPS) is 30.9. The molecule has 0 unspecified atom stereocenters. The highest BCUT2D eigenvalue weighted by atomic mass is 19.1. The summed E-state index contributed by atoms with van der Waals surface area (Å²) in [6.45, 7) is -0.476. The van der Waals surface area contributed by atoms with Gasteiger partial charge in [-0.3, -0.25) is 4.57 Å². The molecule has 0 aromatic carbocycles. The fraction of sp³-hybridized carbons (Fsp3) is 0.615. The average molecular weight is 324 g/mol. The van der Waals surface area contributed by atoms with Crippen LogP contribution in [0.4, 0.5) is 16.2 Å². The number of rotatable bonds is 4. The van der Waals surface area contributed by atoms with Gasteiger partial charge in [-0.15, -0.1) is 0 Å². The second kappa shape index (κ2) is 5.25. The number of nitrogen functional groups attached to an aromatic ring is 1. The van der Waals surface area contributed by atoms with Crippen LogP contribution in [0.3, 0.4) is 0 Å². The minimum Gasteiger partial charge on any atom is -0.394 e. The highest BCUT2D eigenvalue weighted by Crippen LogP contribution is 2.35. The Morgan fingerprint density at radius 1 is 1.43 bits per heavy atom. The Morgan fingerprint density at radius 2 is 2.22 bits per heavy atom. The number of aliphatic hydroxyl groups excluding tert-OH is 2. The fourth-order valence-electron chi connectivity index (χ4n) is 2.72. The number of ether oxygens (including phenoxy) is 1. The largest absolute Gasteiger partial charge is 0.394 e. The zero-order valence-electron chi connectivity index (χ0n) is 12.1. The maximum absolute atomic E-state index is 14.3. The molecule has 1 saturated heterocycles. The minimum absolute atomic E-state index is 0.0371. The van der Waals surface area contributed by atoms with Crippen LogP contribution in [0.2, 0.25) is 0 Å². The number of halogens is 1. The van der Waals surface area contributed by atoms with Crippen molar-refractivity contribution in [3.63, 3.8) is 0 Å². The predicted octanol–water partition coefficient (Wildman–Crippen LogP) is -0.429. The molecule has 0 amide bonds. The number of alkyl halides is 1. The summed E-state index contributed by atoms with van der Waals surface area (Å²) in [4.78, 5) is 12.5. The monoisotopic (exact) mass is 324 g/mol. The molecule has 5 N–H and O–H groups in total. The van der Waals surface area contributed by atoms with Crippen molar-refractivity contribution in [2.75, 3.05) is 17.7 Å². The second-order valence-corrected chi connectivity index (χ2v) is 5.86. The highest BCUT2D eigenvalue weighted by molar-refractivity contribution is 5.84. The Hall–Kier alpha value is -2.04. The number of nitrogens with zero attached hydrogens (tertiary/aromatic N) is 4. The quantitative estimate of drug-likeness (QED) is 0.596. The number of nitrogens with one attached hydrogen (secondary N) is 1. The van der Waals surface area contributed by atoms with Gasteiger partial charge in [-0.2, -0.15) is 9.97 Å². The maximum atomic E-state index is 14.3. The van der Waals surface area contributed by atoms with Gasteiger partial charge in [0.2, 0.25) is 5.95 Å². The molecule has 0 radical (unpaired) electrons. The summed E-state index contributed by atoms with van der Waals surface area (Å²) in [7, 11) is 0. The van der Waals surface area contributed by atoms with Crippen LogP contribution in [0, 0.1) is 0 Å². The molecule has 9 nitrogen and oxygen atoms in total. The maximum Gasteiger partial charge on any atom is 0.224 e. The van der Waals surface area contributed by atoms with Crippen LogP contribution in [0.15, 0.2) is 6.33 Å². The van der Waals surface area contributed by atoms with E-state index in [4.69, 9.17) is 15.6 Å². The van der Waals surface area contributed by atoms with Crippen molar-refractivity contribution in [3.05, 3.63) is 6.33 Å². The first kappa shape index (κ1) is 14.5. The number of aliphatic hydroxyl groups is 2. The molecule has 1 aliphatic carbocycles. The number of hydrogen-bond donors (Lipinski definition) is 4. The third-order valence-corrected chi connectivity index (χ3v) is 4.10. The van der Waals surface area contributed by atoms with Crippen LogP contribution in [-0.2, 0) is 4.74 Å². The van der Waals surface area contributed by atoms with E-state index in [0.717, 1.165) is 12.8 Å². The van der Waals surface area contributed by atoms with Gasteiger partial charge in [0.1, 0.15) is 12.2 Å². The Kier molecular flexibility index (Phi) is 3.32. The lowest BCUT2D eigenvalue weighted by Gasteiger charge is -2.15. The van der Waals surface area contributed by atoms with Crippen LogP contribution in [-0.4, -0.2) is 60.8 Å². The third kappa shape index (κ3) is 2.38. The third-order valence-electron chi connectivity index (χ3n) is 4.10. The average Bonchev–Trinajstić information content (AvgIpc) is 3.17. The molecular formula is C13H17FN6O3. The van der Waals surface area contributed by atoms with Gasteiger partial charge in [0.25, 0.3) is 0 Å². The number of hydrogen-bond acceptors (Lipinski definition) is 8. The van der Waals surface area contributed by atoms with Gasteiger partial charge in [-0.25, -0.2) is 9.37 Å². The molecule has 1 aliphatic heterocycles. The lowest BCUT2D eigenvalue weighted by atomic mass is 10.1. The summed E-state index contributed by atoms with van der Waals surface area (Å²) in [5, 5.41) is 22.1. The van der Waals surface area contributed by atoms with Crippen molar-refractivity contribution in [1.29, 1.82) is 0 Å². The smallest absolute Gasteiger partial charge is 0.224 e. The van der Waals surface area contributed by atoms with E-state index in [1.165, 1.54) is 10.9 Å². The molecule has 23 heavy (non-hydrogen) atoms. The van der Waals surface area contributed by atoms with Crippen molar-refractivity contribution in [1.82, 2.24) is 19.5 Å². The molecule has 2 aliphatic rings. The van der Waals surface area contributed by atoms with Crippen LogP contribution < -0.4 is 11.1 Å². The van der Waals surface area contributed by atoms with Crippen LogP contribution in [0.5, 0.6) is 0 Å². The molecule has 2 fully saturated rings. The van der Waals surface area contributed by atoms with Gasteiger partial charge in [0, 0.05) is 6.04 Å². The molecule has 3 heterocycles. The van der Waals surface area contributed by atoms with Crippen LogP contribution in [0.1, 0.15) is 19.1 Å². The van der Waals surface area contributed by atoms with E-state index < -0.39 is 31.2 Å². The highest BCUT2D eigenvalue weighted by Gasteiger charge is 2.45. The topological polar surface area (TPSA) is 131 Å². The zero-order valence-corrected chi connectivity index (χ0v) is 12.1. The van der Waals surface area contributed by atoms with Gasteiger partial charge in [-0.1, -0.05) is 0 Å². The van der Waals surface area contributed by atoms with Crippen molar-refractivity contribution in [3.8, 4) is 0 Å². The molecule has 2 aromatic rings. The van der Waals surface area contributed by atoms with E-state index in [1.807, 2.05) is 0 Å². The molecule has 4 atom stereocenters. The molecule has 1 saturated carbocycles. The lowest BCUT2D eigenvalue weighted by Crippen LogP contribution is -2.30. The first-order valence-electron chi connectivity index (χ1n) is 7.43. The first-order chi connectivity index (χ1) is 11.1. The number of imidazole rings is 1. The van der Waals surface area contributed by atoms with Gasteiger partial charge >= 0.3 is 0 Å². The van der Waals surface area contributed by atoms with Crippen LogP contribution in [0.25, 0.3) is 11.2 Å². The minimum atomic E-state index is -1.71. The molecule has 0 bridgehead atoms. The zero-order chi connectivity index (χ0) is 16.1. The van der Waals surface area contributed by atoms with Crippen molar-refractivity contribution >= 4 is 22.9 Å². The Morgan fingerprint density at radius 3 is 2.87 bits per heavy atom. The predicted molar refractivity (Wildman–Crippen MR) is 78.3 cm³/mol. The molecule has 4 rings (SSSR count). The Bertz CT molecular complexity index is 736. The summed E-state index contributed by atoms with van der Waals surface area (Å²) < 4.78 is 21.1. The van der Waals surface area contributed by atoms with E-state index >= 15 is 0 Å². The summed E-state index contributed by atoms with van der Waals surface area (Å²) in [5.74, 6) is 0.538. The van der Waals surface area contributed by atoms with Gasteiger partial charge in [0.15, 0.2) is 29.4 Å². The Balaban J connectivity index is 1.74. The summed E-state index contributed by atoms with van der Waals surface area (Å²) in [6.07, 6.45) is -1.76. The Labute approximate surface area is 130 Å². The lowest BCUT2D eigenvalue weighted by molar-refractivity contribution is -0.0459. The number of fused-ring (bicyclic) bond motifs is 1. The summed E-state index contributed by atoms with van der Waals surface area (Å²) in [6, 6.07) is 0.342. The fourth-order valence-corrected chi connectivity index (χ4v) is 2.72. The molecule has 10 heteroatoms. The van der Waals surface area contributed by atoms with E-state index in [2.05, 4.69) is 20.3 Å². The van der Waals surface area contributed by atoms with Gasteiger partial charge < -0.3 is 26.0 Å². The first-order valence-corrected chi connectivity index (χ1v) is 7.43. The number of aromatic nitrogens is 4. The molecular weight excluding hydrogens is 307 g/mol. The summed E-state index contributed by atoms with van der Waals surface area (Å²) in [5.41, 5.74) is 6.52. The molecule has 2 aromatic heterocycles. The van der Waals surface area contributed by atoms with E-state index in [1.54, 1.807) is 0 Å². The SMILES string of the molecule is Nc1nc(NC2CC2)c2ncn([C@@H]3O[C@H](CO)[C@@H](O)[C@@H]3F)c2n1. The van der Waals surface area contributed by atoms with E-state index in [9.17, 15) is 9.50 Å². The van der Waals surface area contributed by atoms with Crippen molar-refractivity contribution in [2.45, 2.75) is 43.5 Å². The summed E-state index contributed by atoms with van der Waals surface area (Å²) >= 11 is 0. The molecule has 0 spiro atoms. The van der Waals surface area contributed by atoms with Gasteiger partial charge in [-0.05, 0) is 12.8 Å². The van der Waals surface area contributed by atoms with Crippen molar-refractivity contribution in [2.24, 2.45) is 0 Å². The number of anilines is 2.